The molecule has 6 nitrogen and oxygen atoms in total. The molecule has 0 bridgehead atoms. The highest BCUT2D eigenvalue weighted by Gasteiger charge is 2.22. The molecule has 0 aliphatic carbocycles. The number of amides is 1. The molecule has 0 radical (unpaired) electrons. The monoisotopic (exact) mass is 426 g/mol. The lowest BCUT2D eigenvalue weighted by molar-refractivity contribution is -0.130. The largest absolute Gasteiger partial charge is 0.493 e. The quantitative estimate of drug-likeness (QED) is 0.462. The molecule has 0 atom stereocenters. The fourth-order valence-electron chi connectivity index (χ4n) is 3.86. The Morgan fingerprint density at radius 2 is 2.07 bits per heavy atom. The maximum absolute atomic E-state index is 12.7. The third-order valence-electron chi connectivity index (χ3n) is 5.44. The molecule has 1 fully saturated rings. The number of hydrogen-bond donors (Lipinski definition) is 0. The Labute approximate surface area is 177 Å². The number of ether oxygens (including phenoxy) is 1. The number of carbonyl (C=O) groups excluding carboxylic acids is 1. The third kappa shape index (κ3) is 4.10. The standard InChI is InChI=1S/C21H22N4O2S2/c26-19(13-29-21-17-4-10-28-20(17)22-14-23-21)25-7-5-24(6-8-25)12-15-1-2-18-16(11-15)3-9-27-18/h1-2,4,10-11,14H,3,5-9,12-13H2. The Bertz CT molecular complexity index is 1030. The molecule has 0 N–H and O–H groups in total. The van der Waals surface area contributed by atoms with Crippen molar-refractivity contribution in [3.8, 4) is 5.75 Å². The molecule has 2 aliphatic heterocycles. The van der Waals surface area contributed by atoms with Gasteiger partial charge in [-0.25, -0.2) is 9.97 Å². The van der Waals surface area contributed by atoms with E-state index in [0.29, 0.717) is 5.75 Å². The Balaban J connectivity index is 1.12. The predicted molar refractivity (Wildman–Crippen MR) is 116 cm³/mol. The molecule has 1 aromatic carbocycles. The van der Waals surface area contributed by atoms with Gasteiger partial charge in [0, 0.05) is 44.5 Å². The van der Waals surface area contributed by atoms with Crippen molar-refractivity contribution < 1.29 is 9.53 Å². The topological polar surface area (TPSA) is 58.6 Å². The van der Waals surface area contributed by atoms with Gasteiger partial charge in [0.2, 0.25) is 5.91 Å². The fraction of sp³-hybridized carbons (Fsp3) is 0.381. The Morgan fingerprint density at radius 3 is 2.97 bits per heavy atom. The first kappa shape index (κ1) is 18.8. The van der Waals surface area contributed by atoms with Gasteiger partial charge in [0.15, 0.2) is 0 Å². The van der Waals surface area contributed by atoms with Crippen molar-refractivity contribution in [2.24, 2.45) is 0 Å². The molecule has 1 saturated heterocycles. The summed E-state index contributed by atoms with van der Waals surface area (Å²) in [6, 6.07) is 8.54. The van der Waals surface area contributed by atoms with Crippen LogP contribution in [0.1, 0.15) is 11.1 Å². The van der Waals surface area contributed by atoms with Crippen molar-refractivity contribution in [2.75, 3.05) is 38.5 Å². The van der Waals surface area contributed by atoms with Crippen LogP contribution < -0.4 is 4.74 Å². The van der Waals surface area contributed by atoms with Gasteiger partial charge in [-0.2, -0.15) is 0 Å². The molecular weight excluding hydrogens is 404 g/mol. The molecule has 1 amide bonds. The normalized spacial score (nSPS) is 16.8. The molecule has 2 aliphatic rings. The predicted octanol–water partition coefficient (Wildman–Crippen LogP) is 3.06. The van der Waals surface area contributed by atoms with Gasteiger partial charge in [0.1, 0.15) is 21.9 Å². The molecular formula is C21H22N4O2S2. The summed E-state index contributed by atoms with van der Waals surface area (Å²) in [6.45, 7) is 5.11. The van der Waals surface area contributed by atoms with Crippen molar-refractivity contribution in [1.29, 1.82) is 0 Å². The summed E-state index contributed by atoms with van der Waals surface area (Å²) in [7, 11) is 0. The Morgan fingerprint density at radius 1 is 1.17 bits per heavy atom. The van der Waals surface area contributed by atoms with Crippen LogP contribution in [0.3, 0.4) is 0 Å². The third-order valence-corrected chi connectivity index (χ3v) is 7.25. The smallest absolute Gasteiger partial charge is 0.233 e. The maximum Gasteiger partial charge on any atom is 0.233 e. The lowest BCUT2D eigenvalue weighted by atomic mass is 10.1. The number of fused-ring (bicyclic) bond motifs is 2. The van der Waals surface area contributed by atoms with Crippen molar-refractivity contribution in [3.05, 3.63) is 47.1 Å². The maximum atomic E-state index is 12.7. The summed E-state index contributed by atoms with van der Waals surface area (Å²) in [6.07, 6.45) is 2.59. The Hall–Kier alpha value is -2.16. The summed E-state index contributed by atoms with van der Waals surface area (Å²) in [4.78, 5) is 26.7. The summed E-state index contributed by atoms with van der Waals surface area (Å²) < 4.78 is 5.59. The van der Waals surface area contributed by atoms with Gasteiger partial charge in [0.25, 0.3) is 0 Å². The van der Waals surface area contributed by atoms with Crippen LogP contribution in [0.25, 0.3) is 10.2 Å². The zero-order valence-electron chi connectivity index (χ0n) is 16.0. The highest BCUT2D eigenvalue weighted by atomic mass is 32.2. The second kappa shape index (κ2) is 8.30. The first-order chi connectivity index (χ1) is 14.3. The number of benzene rings is 1. The first-order valence-corrected chi connectivity index (χ1v) is 11.7. The number of aromatic nitrogens is 2. The Kier molecular flexibility index (Phi) is 5.39. The van der Waals surface area contributed by atoms with Crippen molar-refractivity contribution >= 4 is 39.2 Å². The van der Waals surface area contributed by atoms with Gasteiger partial charge in [-0.05, 0) is 28.6 Å². The lowest BCUT2D eigenvalue weighted by Gasteiger charge is -2.34. The molecule has 29 heavy (non-hydrogen) atoms. The van der Waals surface area contributed by atoms with E-state index in [1.807, 2.05) is 16.3 Å². The van der Waals surface area contributed by atoms with Gasteiger partial charge >= 0.3 is 0 Å². The lowest BCUT2D eigenvalue weighted by Crippen LogP contribution is -2.48. The van der Waals surface area contributed by atoms with E-state index in [2.05, 4.69) is 33.1 Å². The highest BCUT2D eigenvalue weighted by Crippen LogP contribution is 2.28. The molecule has 8 heteroatoms. The van der Waals surface area contributed by atoms with E-state index < -0.39 is 0 Å². The molecule has 4 heterocycles. The SMILES string of the molecule is O=C(CSc1ncnc2sccc12)N1CCN(Cc2ccc3c(c2)CCO3)CC1. The molecule has 5 rings (SSSR count). The van der Waals surface area contributed by atoms with Crippen LogP contribution >= 0.6 is 23.1 Å². The molecule has 3 aromatic rings. The van der Waals surface area contributed by atoms with Gasteiger partial charge in [-0.15, -0.1) is 11.3 Å². The minimum Gasteiger partial charge on any atom is -0.493 e. The second-order valence-corrected chi connectivity index (χ2v) is 9.16. The van der Waals surface area contributed by atoms with E-state index >= 15 is 0 Å². The molecule has 0 spiro atoms. The van der Waals surface area contributed by atoms with Crippen molar-refractivity contribution in [3.63, 3.8) is 0 Å². The van der Waals surface area contributed by atoms with Crippen molar-refractivity contribution in [1.82, 2.24) is 19.8 Å². The molecule has 150 valence electrons. The summed E-state index contributed by atoms with van der Waals surface area (Å²) in [5, 5.41) is 3.95. The minimum absolute atomic E-state index is 0.186. The van der Waals surface area contributed by atoms with Crippen molar-refractivity contribution in [2.45, 2.75) is 18.0 Å². The van der Waals surface area contributed by atoms with E-state index in [9.17, 15) is 4.79 Å². The summed E-state index contributed by atoms with van der Waals surface area (Å²) in [5.41, 5.74) is 2.64. The van der Waals surface area contributed by atoms with Crippen LogP contribution in [0.5, 0.6) is 5.75 Å². The van der Waals surface area contributed by atoms with E-state index in [1.165, 1.54) is 22.9 Å². The number of nitrogens with zero attached hydrogens (tertiary/aromatic N) is 4. The highest BCUT2D eigenvalue weighted by molar-refractivity contribution is 8.00. The van der Waals surface area contributed by atoms with Crippen LogP contribution in [0.4, 0.5) is 0 Å². The van der Waals surface area contributed by atoms with E-state index in [1.54, 1.807) is 17.7 Å². The van der Waals surface area contributed by atoms with Gasteiger partial charge in [0.05, 0.1) is 12.4 Å². The minimum atomic E-state index is 0.186. The van der Waals surface area contributed by atoms with Crippen LogP contribution in [0, 0.1) is 0 Å². The zero-order chi connectivity index (χ0) is 19.6. The second-order valence-electron chi connectivity index (χ2n) is 7.30. The van der Waals surface area contributed by atoms with Crippen LogP contribution in [-0.4, -0.2) is 64.2 Å². The fourth-order valence-corrected chi connectivity index (χ4v) is 5.54. The number of rotatable bonds is 5. The van der Waals surface area contributed by atoms with Crippen LogP contribution in [-0.2, 0) is 17.8 Å². The van der Waals surface area contributed by atoms with E-state index in [4.69, 9.17) is 4.74 Å². The zero-order valence-corrected chi connectivity index (χ0v) is 17.7. The van der Waals surface area contributed by atoms with Gasteiger partial charge in [-0.1, -0.05) is 23.9 Å². The number of thioether (sulfide) groups is 1. The molecule has 2 aromatic heterocycles. The molecule has 0 saturated carbocycles. The van der Waals surface area contributed by atoms with Crippen LogP contribution in [0.2, 0.25) is 0 Å². The van der Waals surface area contributed by atoms with Gasteiger partial charge in [-0.3, -0.25) is 9.69 Å². The van der Waals surface area contributed by atoms with E-state index in [0.717, 1.165) is 66.7 Å². The average Bonchev–Trinajstić information content (AvgIpc) is 3.41. The number of hydrogen-bond acceptors (Lipinski definition) is 7. The number of carbonyl (C=O) groups is 1. The average molecular weight is 427 g/mol. The number of piperazine rings is 1. The molecule has 0 unspecified atom stereocenters. The summed E-state index contributed by atoms with van der Waals surface area (Å²) >= 11 is 3.11. The van der Waals surface area contributed by atoms with E-state index in [-0.39, 0.29) is 5.91 Å². The van der Waals surface area contributed by atoms with Crippen LogP contribution in [0.15, 0.2) is 41.0 Å². The first-order valence-electron chi connectivity index (χ1n) is 9.82. The summed E-state index contributed by atoms with van der Waals surface area (Å²) in [5.74, 6) is 1.64. The van der Waals surface area contributed by atoms with Gasteiger partial charge < -0.3 is 9.64 Å². The number of thiophene rings is 1.